The van der Waals surface area contributed by atoms with E-state index in [1.165, 1.54) is 22.9 Å². The van der Waals surface area contributed by atoms with Crippen LogP contribution in [0.4, 0.5) is 4.39 Å². The number of pyridine rings is 1. The molecule has 0 amide bonds. The van der Waals surface area contributed by atoms with Gasteiger partial charge >= 0.3 is 0 Å². The van der Waals surface area contributed by atoms with Crippen LogP contribution >= 0.6 is 11.6 Å². The van der Waals surface area contributed by atoms with Crippen molar-refractivity contribution in [1.29, 1.82) is 0 Å². The minimum atomic E-state index is -0.614. The maximum atomic E-state index is 14.0. The van der Waals surface area contributed by atoms with Gasteiger partial charge < -0.3 is 5.73 Å². The van der Waals surface area contributed by atoms with Crippen LogP contribution in [0.3, 0.4) is 0 Å². The quantitative estimate of drug-likeness (QED) is 0.788. The molecule has 0 aliphatic carbocycles. The van der Waals surface area contributed by atoms with Crippen molar-refractivity contribution in [2.75, 3.05) is 0 Å². The van der Waals surface area contributed by atoms with Crippen molar-refractivity contribution in [3.63, 3.8) is 0 Å². The Hall–Kier alpha value is -2.31. The molecule has 22 heavy (non-hydrogen) atoms. The number of fused-ring (bicyclic) bond motifs is 1. The molecule has 0 saturated heterocycles. The van der Waals surface area contributed by atoms with Gasteiger partial charge in [0.2, 0.25) is 0 Å². The zero-order valence-electron chi connectivity index (χ0n) is 11.6. The van der Waals surface area contributed by atoms with E-state index in [1.807, 2.05) is 0 Å². The summed E-state index contributed by atoms with van der Waals surface area (Å²) in [4.78, 5) is 21.0. The van der Waals surface area contributed by atoms with Crippen LogP contribution in [0.1, 0.15) is 18.8 Å². The second-order valence-electron chi connectivity index (χ2n) is 4.86. The lowest BCUT2D eigenvalue weighted by atomic mass is 10.2. The molecule has 0 aliphatic heterocycles. The molecule has 3 rings (SSSR count). The third kappa shape index (κ3) is 2.26. The zero-order chi connectivity index (χ0) is 15.9. The third-order valence-corrected chi connectivity index (χ3v) is 3.58. The molecule has 0 bridgehead atoms. The monoisotopic (exact) mass is 318 g/mol. The van der Waals surface area contributed by atoms with Crippen LogP contribution in [0.2, 0.25) is 5.02 Å². The minimum absolute atomic E-state index is 0.0231. The van der Waals surface area contributed by atoms with Crippen molar-refractivity contribution in [3.05, 3.63) is 63.7 Å². The summed E-state index contributed by atoms with van der Waals surface area (Å²) in [5.74, 6) is -0.372. The maximum Gasteiger partial charge on any atom is 0.267 e. The summed E-state index contributed by atoms with van der Waals surface area (Å²) < 4.78 is 15.3. The second kappa shape index (κ2) is 5.47. The van der Waals surface area contributed by atoms with Crippen LogP contribution in [-0.2, 0) is 0 Å². The van der Waals surface area contributed by atoms with Crippen LogP contribution in [0.25, 0.3) is 16.6 Å². The number of nitrogens with two attached hydrogens (primary N) is 1. The van der Waals surface area contributed by atoms with E-state index in [4.69, 9.17) is 17.3 Å². The summed E-state index contributed by atoms with van der Waals surface area (Å²) in [6.45, 7) is 1.67. The molecule has 0 radical (unpaired) electrons. The normalized spacial score (nSPS) is 12.5. The number of hydrogen-bond donors (Lipinski definition) is 1. The molecule has 1 aromatic carbocycles. The van der Waals surface area contributed by atoms with Gasteiger partial charge in [0.25, 0.3) is 5.56 Å². The highest BCUT2D eigenvalue weighted by Crippen LogP contribution is 2.24. The van der Waals surface area contributed by atoms with Crippen LogP contribution in [0, 0.1) is 5.82 Å². The van der Waals surface area contributed by atoms with E-state index < -0.39 is 17.4 Å². The first-order valence-electron chi connectivity index (χ1n) is 6.57. The van der Waals surface area contributed by atoms with Crippen LogP contribution in [0.5, 0.6) is 0 Å². The van der Waals surface area contributed by atoms with Gasteiger partial charge in [-0.25, -0.2) is 9.37 Å². The van der Waals surface area contributed by atoms with Gasteiger partial charge in [-0.3, -0.25) is 14.3 Å². The number of aromatic nitrogens is 3. The van der Waals surface area contributed by atoms with Gasteiger partial charge in [-0.05, 0) is 31.2 Å². The van der Waals surface area contributed by atoms with E-state index in [0.717, 1.165) is 0 Å². The number of rotatable bonds is 2. The Balaban J connectivity index is 2.51. The fraction of sp³-hybridized carbons (Fsp3) is 0.133. The first kappa shape index (κ1) is 14.6. The van der Waals surface area contributed by atoms with Gasteiger partial charge in [0.1, 0.15) is 17.2 Å². The summed E-state index contributed by atoms with van der Waals surface area (Å²) in [6.07, 6.45) is 3.09. The molecule has 0 saturated carbocycles. The lowest BCUT2D eigenvalue weighted by Crippen LogP contribution is -2.28. The second-order valence-corrected chi connectivity index (χ2v) is 5.27. The Bertz CT molecular complexity index is 909. The highest BCUT2D eigenvalue weighted by molar-refractivity contribution is 6.35. The summed E-state index contributed by atoms with van der Waals surface area (Å²) in [5.41, 5.74) is 5.84. The lowest BCUT2D eigenvalue weighted by Gasteiger charge is -2.16. The topological polar surface area (TPSA) is 73.8 Å². The standard InChI is InChI=1S/C15H12ClFN4O/c1-8(18)14-20-13-11(17)5-4-10(16)12(13)15(22)21(14)9-3-2-6-19-7-9/h2-8H,18H2,1H3/t8-/m1/s1. The fourth-order valence-corrected chi connectivity index (χ4v) is 2.51. The first-order chi connectivity index (χ1) is 10.5. The molecule has 1 atom stereocenters. The van der Waals surface area contributed by atoms with E-state index in [9.17, 15) is 9.18 Å². The number of benzene rings is 1. The average molecular weight is 319 g/mol. The molecule has 2 N–H and O–H groups in total. The predicted octanol–water partition coefficient (Wildman–Crippen LogP) is 2.59. The molecular formula is C15H12ClFN4O. The largest absolute Gasteiger partial charge is 0.322 e. The van der Waals surface area contributed by atoms with Gasteiger partial charge in [0.15, 0.2) is 0 Å². The van der Waals surface area contributed by atoms with E-state index in [2.05, 4.69) is 9.97 Å². The summed E-state index contributed by atoms with van der Waals surface area (Å²) in [5, 5.41) is 0.165. The number of hydrogen-bond acceptors (Lipinski definition) is 4. The van der Waals surface area contributed by atoms with E-state index in [-0.39, 0.29) is 21.7 Å². The van der Waals surface area contributed by atoms with Crippen LogP contribution in [-0.4, -0.2) is 14.5 Å². The van der Waals surface area contributed by atoms with Gasteiger partial charge in [-0.15, -0.1) is 0 Å². The lowest BCUT2D eigenvalue weighted by molar-refractivity contribution is 0.630. The maximum absolute atomic E-state index is 14.0. The van der Waals surface area contributed by atoms with Crippen molar-refractivity contribution in [2.45, 2.75) is 13.0 Å². The molecule has 0 spiro atoms. The Morgan fingerprint density at radius 1 is 1.36 bits per heavy atom. The van der Waals surface area contributed by atoms with Crippen LogP contribution in [0.15, 0.2) is 41.5 Å². The number of nitrogens with zero attached hydrogens (tertiary/aromatic N) is 3. The van der Waals surface area contributed by atoms with E-state index in [0.29, 0.717) is 5.69 Å². The summed E-state index contributed by atoms with van der Waals surface area (Å²) in [6, 6.07) is 5.32. The third-order valence-electron chi connectivity index (χ3n) is 3.26. The van der Waals surface area contributed by atoms with Crippen molar-refractivity contribution in [2.24, 2.45) is 5.73 Å². The Morgan fingerprint density at radius 3 is 2.77 bits per heavy atom. The Kier molecular flexibility index (Phi) is 3.64. The highest BCUT2D eigenvalue weighted by atomic mass is 35.5. The summed E-state index contributed by atoms with van der Waals surface area (Å²) in [7, 11) is 0. The van der Waals surface area contributed by atoms with Crippen molar-refractivity contribution in [3.8, 4) is 5.69 Å². The molecule has 3 aromatic rings. The molecule has 0 unspecified atom stereocenters. The molecule has 2 heterocycles. The zero-order valence-corrected chi connectivity index (χ0v) is 12.4. The Morgan fingerprint density at radius 2 is 2.14 bits per heavy atom. The molecule has 2 aromatic heterocycles. The molecule has 5 nitrogen and oxygen atoms in total. The SMILES string of the molecule is C[C@@H](N)c1nc2c(F)ccc(Cl)c2c(=O)n1-c1cccnc1. The Labute approximate surface area is 130 Å². The van der Waals surface area contributed by atoms with Gasteiger partial charge in [0, 0.05) is 6.20 Å². The van der Waals surface area contributed by atoms with Gasteiger partial charge in [-0.2, -0.15) is 0 Å². The fourth-order valence-electron chi connectivity index (χ4n) is 2.28. The number of halogens is 2. The molecule has 7 heteroatoms. The van der Waals surface area contributed by atoms with Crippen molar-refractivity contribution >= 4 is 22.5 Å². The van der Waals surface area contributed by atoms with E-state index in [1.54, 1.807) is 25.3 Å². The van der Waals surface area contributed by atoms with Gasteiger partial charge in [-0.1, -0.05) is 11.6 Å². The van der Waals surface area contributed by atoms with Gasteiger partial charge in [0.05, 0.1) is 28.3 Å². The summed E-state index contributed by atoms with van der Waals surface area (Å²) >= 11 is 6.06. The predicted molar refractivity (Wildman–Crippen MR) is 82.7 cm³/mol. The average Bonchev–Trinajstić information content (AvgIpc) is 2.51. The highest BCUT2D eigenvalue weighted by Gasteiger charge is 2.19. The molecule has 112 valence electrons. The van der Waals surface area contributed by atoms with Crippen molar-refractivity contribution < 1.29 is 4.39 Å². The molecular weight excluding hydrogens is 307 g/mol. The van der Waals surface area contributed by atoms with E-state index >= 15 is 0 Å². The van der Waals surface area contributed by atoms with Crippen LogP contribution < -0.4 is 11.3 Å². The minimum Gasteiger partial charge on any atom is -0.322 e. The molecule has 0 fully saturated rings. The first-order valence-corrected chi connectivity index (χ1v) is 6.95. The smallest absolute Gasteiger partial charge is 0.267 e. The van der Waals surface area contributed by atoms with Crippen molar-refractivity contribution in [1.82, 2.24) is 14.5 Å². The molecule has 0 aliphatic rings.